The van der Waals surface area contributed by atoms with E-state index in [1.54, 1.807) is 17.9 Å². The lowest BCUT2D eigenvalue weighted by molar-refractivity contribution is -0.134. The number of amides is 2. The smallest absolute Gasteiger partial charge is 0.228 e. The van der Waals surface area contributed by atoms with Crippen LogP contribution in [0.1, 0.15) is 31.9 Å². The Hall–Kier alpha value is -1.60. The summed E-state index contributed by atoms with van der Waals surface area (Å²) in [4.78, 5) is 25.8. The Morgan fingerprint density at radius 1 is 1.50 bits per heavy atom. The first-order chi connectivity index (χ1) is 9.95. The number of aromatic nitrogens is 1. The van der Waals surface area contributed by atoms with Crippen molar-refractivity contribution in [2.45, 2.75) is 39.2 Å². The third-order valence-corrected chi connectivity index (χ3v) is 3.59. The number of nitrogens with two attached hydrogens (primary N) is 1. The number of rotatable bonds is 4. The molecule has 0 spiro atoms. The lowest BCUT2D eigenvalue weighted by Crippen LogP contribution is -2.42. The predicted octanol–water partition coefficient (Wildman–Crippen LogP) is 1.32. The van der Waals surface area contributed by atoms with E-state index in [1.165, 1.54) is 0 Å². The van der Waals surface area contributed by atoms with Crippen LogP contribution in [-0.2, 0) is 9.59 Å². The van der Waals surface area contributed by atoms with Crippen LogP contribution in [0.2, 0.25) is 0 Å². The van der Waals surface area contributed by atoms with E-state index < -0.39 is 0 Å². The second-order valence-corrected chi connectivity index (χ2v) is 5.65. The van der Waals surface area contributed by atoms with Gasteiger partial charge in [0.05, 0.1) is 0 Å². The van der Waals surface area contributed by atoms with Crippen LogP contribution in [0.5, 0.6) is 0 Å². The van der Waals surface area contributed by atoms with Crippen molar-refractivity contribution in [2.75, 3.05) is 18.4 Å². The van der Waals surface area contributed by atoms with Crippen molar-refractivity contribution in [3.63, 3.8) is 0 Å². The van der Waals surface area contributed by atoms with Crippen molar-refractivity contribution in [3.8, 4) is 0 Å². The molecule has 22 heavy (non-hydrogen) atoms. The summed E-state index contributed by atoms with van der Waals surface area (Å²) < 4.78 is 4.91. The molecule has 0 bridgehead atoms. The quantitative estimate of drug-likeness (QED) is 0.867. The van der Waals surface area contributed by atoms with Gasteiger partial charge < -0.3 is 20.5 Å². The Kier molecular flexibility index (Phi) is 6.83. The first-order valence-corrected chi connectivity index (χ1v) is 7.23. The van der Waals surface area contributed by atoms with Crippen LogP contribution in [0, 0.1) is 12.8 Å². The van der Waals surface area contributed by atoms with E-state index in [9.17, 15) is 9.59 Å². The number of anilines is 1. The van der Waals surface area contributed by atoms with Crippen molar-refractivity contribution in [3.05, 3.63) is 11.8 Å². The fourth-order valence-electron chi connectivity index (χ4n) is 2.45. The van der Waals surface area contributed by atoms with Crippen LogP contribution in [0.4, 0.5) is 5.82 Å². The molecule has 2 amide bonds. The molecule has 1 saturated heterocycles. The number of likely N-dealkylation sites (tertiary alicyclic amines) is 1. The van der Waals surface area contributed by atoms with Gasteiger partial charge in [-0.15, -0.1) is 12.4 Å². The Bertz CT molecular complexity index is 510. The summed E-state index contributed by atoms with van der Waals surface area (Å²) in [6.45, 7) is 4.78. The normalized spacial score (nSPS) is 16.8. The Morgan fingerprint density at radius 2 is 2.14 bits per heavy atom. The van der Waals surface area contributed by atoms with E-state index >= 15 is 0 Å². The molecule has 1 aliphatic heterocycles. The van der Waals surface area contributed by atoms with E-state index in [0.717, 1.165) is 0 Å². The van der Waals surface area contributed by atoms with E-state index in [0.29, 0.717) is 43.9 Å². The summed E-state index contributed by atoms with van der Waals surface area (Å²) >= 11 is 0. The molecule has 0 saturated carbocycles. The highest BCUT2D eigenvalue weighted by Gasteiger charge is 2.27. The van der Waals surface area contributed by atoms with Gasteiger partial charge in [0.25, 0.3) is 0 Å². The minimum absolute atomic E-state index is 0. The van der Waals surface area contributed by atoms with Gasteiger partial charge in [0.1, 0.15) is 5.76 Å². The van der Waals surface area contributed by atoms with Crippen molar-refractivity contribution in [1.29, 1.82) is 0 Å². The Morgan fingerprint density at radius 3 is 2.64 bits per heavy atom. The zero-order valence-electron chi connectivity index (χ0n) is 12.9. The Labute approximate surface area is 136 Å². The number of nitrogens with one attached hydrogen (secondary N) is 1. The molecule has 1 aromatic rings. The molecule has 2 rings (SSSR count). The summed E-state index contributed by atoms with van der Waals surface area (Å²) in [6.07, 6.45) is 1.68. The maximum Gasteiger partial charge on any atom is 0.228 e. The van der Waals surface area contributed by atoms with Crippen molar-refractivity contribution >= 4 is 30.0 Å². The lowest BCUT2D eigenvalue weighted by atomic mass is 9.95. The van der Waals surface area contributed by atoms with Crippen LogP contribution in [0.3, 0.4) is 0 Å². The van der Waals surface area contributed by atoms with Crippen LogP contribution in [0.25, 0.3) is 0 Å². The minimum atomic E-state index is -0.131. The maximum atomic E-state index is 12.1. The highest BCUT2D eigenvalue weighted by atomic mass is 35.5. The Balaban J connectivity index is 0.00000242. The monoisotopic (exact) mass is 330 g/mol. The number of piperidine rings is 1. The average molecular weight is 331 g/mol. The zero-order chi connectivity index (χ0) is 15.4. The van der Waals surface area contributed by atoms with Gasteiger partial charge in [0, 0.05) is 37.5 Å². The summed E-state index contributed by atoms with van der Waals surface area (Å²) in [6, 6.07) is 1.55. The van der Waals surface area contributed by atoms with Crippen LogP contribution < -0.4 is 11.1 Å². The summed E-state index contributed by atoms with van der Waals surface area (Å²) in [5.41, 5.74) is 5.64. The number of carbonyl (C=O) groups excluding carboxylic acids is 2. The summed E-state index contributed by atoms with van der Waals surface area (Å²) in [5.74, 6) is 0.995. The van der Waals surface area contributed by atoms with Crippen molar-refractivity contribution < 1.29 is 14.1 Å². The largest absolute Gasteiger partial charge is 0.360 e. The van der Waals surface area contributed by atoms with Crippen LogP contribution in [-0.4, -0.2) is 41.0 Å². The standard InChI is InChI=1S/C14H22N4O3.ClH/c1-9(15)7-13(19)18-5-3-11(4-6-18)14(20)16-12-8-10(2)21-17-12;/h8-9,11H,3-7,15H2,1-2H3,(H,16,17,20);1H. The topological polar surface area (TPSA) is 101 Å². The summed E-state index contributed by atoms with van der Waals surface area (Å²) in [7, 11) is 0. The molecule has 8 heteroatoms. The van der Waals surface area contributed by atoms with Gasteiger partial charge in [0.2, 0.25) is 11.8 Å². The third kappa shape index (κ3) is 4.99. The van der Waals surface area contributed by atoms with Gasteiger partial charge in [-0.05, 0) is 26.7 Å². The first-order valence-electron chi connectivity index (χ1n) is 7.23. The molecule has 0 aliphatic carbocycles. The first kappa shape index (κ1) is 18.4. The molecule has 1 unspecified atom stereocenters. The molecular weight excluding hydrogens is 308 g/mol. The fourth-order valence-corrected chi connectivity index (χ4v) is 2.45. The number of hydrogen-bond acceptors (Lipinski definition) is 5. The molecule has 0 radical (unpaired) electrons. The molecule has 1 atom stereocenters. The molecular formula is C14H23ClN4O3. The molecule has 0 aromatic carbocycles. The molecule has 1 fully saturated rings. The number of aryl methyl sites for hydroxylation is 1. The van der Waals surface area contributed by atoms with Gasteiger partial charge in [-0.3, -0.25) is 9.59 Å². The molecule has 7 nitrogen and oxygen atoms in total. The number of hydrogen-bond donors (Lipinski definition) is 2. The van der Waals surface area contributed by atoms with Crippen LogP contribution >= 0.6 is 12.4 Å². The number of halogens is 1. The molecule has 2 heterocycles. The van der Waals surface area contributed by atoms with Crippen LogP contribution in [0.15, 0.2) is 10.6 Å². The highest BCUT2D eigenvalue weighted by Crippen LogP contribution is 2.20. The van der Waals surface area contributed by atoms with Crippen molar-refractivity contribution in [1.82, 2.24) is 10.1 Å². The number of carbonyl (C=O) groups is 2. The predicted molar refractivity (Wildman–Crippen MR) is 84.7 cm³/mol. The molecule has 124 valence electrons. The van der Waals surface area contributed by atoms with E-state index in [1.807, 2.05) is 6.92 Å². The van der Waals surface area contributed by atoms with E-state index in [-0.39, 0.29) is 36.2 Å². The number of nitrogens with zero attached hydrogens (tertiary/aromatic N) is 2. The summed E-state index contributed by atoms with van der Waals surface area (Å²) in [5, 5.41) is 6.48. The second kappa shape index (κ2) is 8.14. The fraction of sp³-hybridized carbons (Fsp3) is 0.643. The molecule has 1 aliphatic rings. The van der Waals surface area contributed by atoms with Gasteiger partial charge in [0.15, 0.2) is 5.82 Å². The van der Waals surface area contributed by atoms with E-state index in [4.69, 9.17) is 10.3 Å². The molecule has 3 N–H and O–H groups in total. The van der Waals surface area contributed by atoms with Gasteiger partial charge >= 0.3 is 0 Å². The maximum absolute atomic E-state index is 12.1. The zero-order valence-corrected chi connectivity index (χ0v) is 13.7. The highest BCUT2D eigenvalue weighted by molar-refractivity contribution is 5.91. The lowest BCUT2D eigenvalue weighted by Gasteiger charge is -2.31. The van der Waals surface area contributed by atoms with Gasteiger partial charge in [-0.25, -0.2) is 0 Å². The molecule has 1 aromatic heterocycles. The minimum Gasteiger partial charge on any atom is -0.360 e. The van der Waals surface area contributed by atoms with E-state index in [2.05, 4.69) is 10.5 Å². The second-order valence-electron chi connectivity index (χ2n) is 5.65. The van der Waals surface area contributed by atoms with Crippen molar-refractivity contribution in [2.24, 2.45) is 11.7 Å². The average Bonchev–Trinajstić information content (AvgIpc) is 2.83. The van der Waals surface area contributed by atoms with Gasteiger partial charge in [-0.2, -0.15) is 0 Å². The third-order valence-electron chi connectivity index (χ3n) is 3.59. The van der Waals surface area contributed by atoms with Gasteiger partial charge in [-0.1, -0.05) is 5.16 Å². The SMILES string of the molecule is Cc1cc(NC(=O)C2CCN(C(=O)CC(C)N)CC2)no1.Cl.